The van der Waals surface area contributed by atoms with E-state index in [1.807, 2.05) is 6.07 Å². The molecule has 3 nitrogen and oxygen atoms in total. The molecule has 51 heavy (non-hydrogen) atoms. The molecule has 0 unspecified atom stereocenters. The van der Waals surface area contributed by atoms with Crippen molar-refractivity contribution in [2.45, 2.75) is 0 Å². The lowest BCUT2D eigenvalue weighted by Crippen LogP contribution is -2.11. The highest BCUT2D eigenvalue weighted by molar-refractivity contribution is 6.27. The fourth-order valence-corrected chi connectivity index (χ4v) is 8.98. The van der Waals surface area contributed by atoms with Crippen molar-refractivity contribution in [2.24, 2.45) is 0 Å². The van der Waals surface area contributed by atoms with Crippen LogP contribution < -0.4 is 4.90 Å². The summed E-state index contributed by atoms with van der Waals surface area (Å²) >= 11 is 0. The molecule has 0 fully saturated rings. The zero-order chi connectivity index (χ0) is 33.2. The molecule has 0 saturated carbocycles. The lowest BCUT2D eigenvalue weighted by atomic mass is 9.94. The Morgan fingerprint density at radius 1 is 0.353 bits per heavy atom. The van der Waals surface area contributed by atoms with E-state index in [1.165, 1.54) is 70.4 Å². The Labute approximate surface area is 292 Å². The molecule has 0 amide bonds. The van der Waals surface area contributed by atoms with Crippen molar-refractivity contribution in [2.75, 3.05) is 4.90 Å². The van der Waals surface area contributed by atoms with Gasteiger partial charge in [0.1, 0.15) is 5.58 Å². The number of anilines is 3. The van der Waals surface area contributed by atoms with Crippen LogP contribution in [-0.4, -0.2) is 4.40 Å². The highest BCUT2D eigenvalue weighted by atomic mass is 16.3. The summed E-state index contributed by atoms with van der Waals surface area (Å²) in [6.07, 6.45) is 0. The van der Waals surface area contributed by atoms with E-state index in [2.05, 4.69) is 173 Å². The normalized spacial score (nSPS) is 12.3. The van der Waals surface area contributed by atoms with Crippen LogP contribution in [0, 0.1) is 0 Å². The van der Waals surface area contributed by atoms with E-state index in [9.17, 15) is 0 Å². The van der Waals surface area contributed by atoms with Crippen LogP contribution in [-0.2, 0) is 0 Å². The molecule has 12 aromatic rings. The van der Waals surface area contributed by atoms with E-state index in [0.29, 0.717) is 0 Å². The summed E-state index contributed by atoms with van der Waals surface area (Å²) < 4.78 is 9.26. The maximum Gasteiger partial charge on any atom is 0.159 e. The quantitative estimate of drug-likeness (QED) is 0.178. The number of benzene rings is 9. The average molecular weight is 649 g/mol. The van der Waals surface area contributed by atoms with Crippen molar-refractivity contribution < 1.29 is 4.42 Å². The smallest absolute Gasteiger partial charge is 0.159 e. The number of hydrogen-bond donors (Lipinski definition) is 0. The molecule has 0 bridgehead atoms. The SMILES string of the molecule is c1ccc2c(c1)oc1c(N(c3ccc4c5ccccc5c5ccccc5c4c3)c3cccc4c5cccc6c7ccccc7n(c34)c65)cccc12. The summed E-state index contributed by atoms with van der Waals surface area (Å²) in [6, 6.07) is 61.7. The molecule has 3 heteroatoms. The van der Waals surface area contributed by atoms with E-state index in [1.54, 1.807) is 0 Å². The molecule has 0 aliphatic rings. The first kappa shape index (κ1) is 27.0. The van der Waals surface area contributed by atoms with Crippen LogP contribution in [0.4, 0.5) is 17.1 Å². The predicted octanol–water partition coefficient (Wildman–Crippen LogP) is 13.7. The van der Waals surface area contributed by atoms with Gasteiger partial charge in [0.25, 0.3) is 0 Å². The van der Waals surface area contributed by atoms with E-state index >= 15 is 0 Å². The van der Waals surface area contributed by atoms with Crippen molar-refractivity contribution >= 4 is 109 Å². The van der Waals surface area contributed by atoms with Gasteiger partial charge in [-0.2, -0.15) is 0 Å². The number of hydrogen-bond acceptors (Lipinski definition) is 2. The zero-order valence-electron chi connectivity index (χ0n) is 27.5. The molecule has 0 N–H and O–H groups in total. The molecule has 0 spiro atoms. The van der Waals surface area contributed by atoms with Crippen LogP contribution in [0.2, 0.25) is 0 Å². The van der Waals surface area contributed by atoms with Crippen molar-refractivity contribution in [1.82, 2.24) is 4.40 Å². The van der Waals surface area contributed by atoms with Gasteiger partial charge in [-0.05, 0) is 68.7 Å². The molecule has 9 aromatic carbocycles. The largest absolute Gasteiger partial charge is 0.454 e. The van der Waals surface area contributed by atoms with Crippen LogP contribution in [0.1, 0.15) is 0 Å². The highest BCUT2D eigenvalue weighted by Crippen LogP contribution is 2.49. The van der Waals surface area contributed by atoms with Gasteiger partial charge < -0.3 is 13.7 Å². The van der Waals surface area contributed by atoms with Gasteiger partial charge in [0.2, 0.25) is 0 Å². The Bertz CT molecular complexity index is 3350. The Kier molecular flexibility index (Phi) is 5.23. The maximum absolute atomic E-state index is 6.77. The van der Waals surface area contributed by atoms with Gasteiger partial charge in [0, 0.05) is 38.0 Å². The fourth-order valence-electron chi connectivity index (χ4n) is 8.98. The first-order chi connectivity index (χ1) is 25.3. The average Bonchev–Trinajstić information content (AvgIpc) is 3.86. The van der Waals surface area contributed by atoms with E-state index in [0.717, 1.165) is 39.0 Å². The van der Waals surface area contributed by atoms with E-state index in [-0.39, 0.29) is 0 Å². The summed E-state index contributed by atoms with van der Waals surface area (Å²) in [5, 5.41) is 14.8. The monoisotopic (exact) mass is 648 g/mol. The minimum absolute atomic E-state index is 0.873. The number of nitrogens with zero attached hydrogens (tertiary/aromatic N) is 2. The first-order valence-electron chi connectivity index (χ1n) is 17.5. The zero-order valence-corrected chi connectivity index (χ0v) is 27.5. The standard InChI is InChI=1S/C48H28N2O/c1-2-14-32-30(12-1)31-13-3-4-15-33(31)41-28-29(26-27-34(32)41)49(44-24-11-21-40-36-17-6-8-25-45(36)51-48(40)44)43-23-10-20-39-38-19-9-18-37-35-16-5-7-22-42(35)50(46(37)38)47(39)43/h1-28H. The summed E-state index contributed by atoms with van der Waals surface area (Å²) in [5.41, 5.74) is 8.60. The second-order valence-electron chi connectivity index (χ2n) is 13.6. The molecule has 12 rings (SSSR count). The number of fused-ring (bicyclic) bond motifs is 15. The molecule has 3 heterocycles. The van der Waals surface area contributed by atoms with Gasteiger partial charge >= 0.3 is 0 Å². The first-order valence-corrected chi connectivity index (χ1v) is 17.5. The summed E-state index contributed by atoms with van der Waals surface area (Å²) in [5.74, 6) is 0. The summed E-state index contributed by atoms with van der Waals surface area (Å²) in [7, 11) is 0. The molecule has 0 aliphatic heterocycles. The number of aromatic nitrogens is 1. The molecule has 0 saturated heterocycles. The van der Waals surface area contributed by atoms with Crippen LogP contribution in [0.5, 0.6) is 0 Å². The number of furan rings is 1. The van der Waals surface area contributed by atoms with Crippen molar-refractivity contribution in [3.8, 4) is 0 Å². The highest BCUT2D eigenvalue weighted by Gasteiger charge is 2.25. The molecule has 3 aromatic heterocycles. The van der Waals surface area contributed by atoms with Crippen LogP contribution >= 0.6 is 0 Å². The summed E-state index contributed by atoms with van der Waals surface area (Å²) in [4.78, 5) is 2.43. The predicted molar refractivity (Wildman–Crippen MR) is 216 cm³/mol. The van der Waals surface area contributed by atoms with Crippen LogP contribution in [0.15, 0.2) is 174 Å². The molecule has 236 valence electrons. The Hall–Kier alpha value is -6.84. The topological polar surface area (TPSA) is 20.8 Å². The second kappa shape index (κ2) is 9.87. The molecular formula is C48H28N2O. The molecule has 0 atom stereocenters. The third-order valence-electron chi connectivity index (χ3n) is 11.1. The second-order valence-corrected chi connectivity index (χ2v) is 13.6. The van der Waals surface area contributed by atoms with Gasteiger partial charge in [0.05, 0.1) is 27.9 Å². The lowest BCUT2D eigenvalue weighted by Gasteiger charge is -2.27. The van der Waals surface area contributed by atoms with Crippen molar-refractivity contribution in [3.63, 3.8) is 0 Å². The Morgan fingerprint density at radius 2 is 0.863 bits per heavy atom. The fraction of sp³-hybridized carbons (Fsp3) is 0. The van der Waals surface area contributed by atoms with Gasteiger partial charge in [-0.3, -0.25) is 0 Å². The number of para-hydroxylation sites is 5. The summed E-state index contributed by atoms with van der Waals surface area (Å²) in [6.45, 7) is 0. The molecule has 0 radical (unpaired) electrons. The van der Waals surface area contributed by atoms with Crippen molar-refractivity contribution in [3.05, 3.63) is 170 Å². The van der Waals surface area contributed by atoms with Gasteiger partial charge in [-0.25, -0.2) is 0 Å². The molecular weight excluding hydrogens is 621 g/mol. The van der Waals surface area contributed by atoms with Gasteiger partial charge in [-0.15, -0.1) is 0 Å². The Morgan fingerprint density at radius 3 is 1.61 bits per heavy atom. The van der Waals surface area contributed by atoms with Gasteiger partial charge in [-0.1, -0.05) is 133 Å². The maximum atomic E-state index is 6.77. The van der Waals surface area contributed by atoms with Crippen molar-refractivity contribution in [1.29, 1.82) is 0 Å². The minimum atomic E-state index is 0.873. The van der Waals surface area contributed by atoms with E-state index in [4.69, 9.17) is 4.42 Å². The minimum Gasteiger partial charge on any atom is -0.454 e. The van der Waals surface area contributed by atoms with Gasteiger partial charge in [0.15, 0.2) is 5.58 Å². The number of rotatable bonds is 3. The van der Waals surface area contributed by atoms with Crippen LogP contribution in [0.25, 0.3) is 92.4 Å². The third-order valence-corrected chi connectivity index (χ3v) is 11.1. The lowest BCUT2D eigenvalue weighted by molar-refractivity contribution is 0.669. The van der Waals surface area contributed by atoms with E-state index < -0.39 is 0 Å². The third kappa shape index (κ3) is 3.52. The Balaban J connectivity index is 1.26. The molecule has 0 aliphatic carbocycles. The van der Waals surface area contributed by atoms with Crippen LogP contribution in [0.3, 0.4) is 0 Å².